The average Bonchev–Trinajstić information content (AvgIpc) is 2.98. The van der Waals surface area contributed by atoms with E-state index in [2.05, 4.69) is 5.32 Å². The number of aliphatic carboxylic acids is 1. The molecular formula is C14H18N2O4S. The van der Waals surface area contributed by atoms with E-state index >= 15 is 0 Å². The maximum absolute atomic E-state index is 11.6. The Kier molecular flexibility index (Phi) is 3.41. The smallest absolute Gasteiger partial charge is 0.308 e. The summed E-state index contributed by atoms with van der Waals surface area (Å²) in [4.78, 5) is 11.5. The molecule has 0 amide bonds. The van der Waals surface area contributed by atoms with Crippen molar-refractivity contribution in [1.29, 1.82) is 0 Å². The normalized spacial score (nSPS) is 31.3. The number of benzene rings is 1. The zero-order valence-corrected chi connectivity index (χ0v) is 12.2. The van der Waals surface area contributed by atoms with Crippen LogP contribution in [0.15, 0.2) is 29.2 Å². The second kappa shape index (κ2) is 4.99. The number of fused-ring (bicyclic) bond motifs is 2. The molecule has 2 aliphatic rings. The van der Waals surface area contributed by atoms with Crippen molar-refractivity contribution in [1.82, 2.24) is 0 Å². The molecule has 0 aromatic heterocycles. The highest BCUT2D eigenvalue weighted by atomic mass is 32.2. The molecule has 114 valence electrons. The lowest BCUT2D eigenvalue weighted by atomic mass is 9.84. The highest BCUT2D eigenvalue weighted by Crippen LogP contribution is 2.49. The van der Waals surface area contributed by atoms with Gasteiger partial charge in [0.25, 0.3) is 0 Å². The molecule has 0 radical (unpaired) electrons. The minimum absolute atomic E-state index is 0.0110. The molecule has 0 spiro atoms. The van der Waals surface area contributed by atoms with Crippen LogP contribution in [-0.4, -0.2) is 25.5 Å². The number of nitrogens with one attached hydrogen (secondary N) is 1. The van der Waals surface area contributed by atoms with Crippen LogP contribution in [0.25, 0.3) is 0 Å². The van der Waals surface area contributed by atoms with E-state index in [-0.39, 0.29) is 22.8 Å². The topological polar surface area (TPSA) is 109 Å². The first kappa shape index (κ1) is 14.3. The van der Waals surface area contributed by atoms with Crippen LogP contribution in [-0.2, 0) is 14.8 Å². The molecule has 6 nitrogen and oxygen atoms in total. The second-order valence-corrected chi connectivity index (χ2v) is 7.44. The summed E-state index contributed by atoms with van der Waals surface area (Å²) >= 11 is 0. The predicted octanol–water partition coefficient (Wildman–Crippen LogP) is 1.25. The Morgan fingerprint density at radius 3 is 2.57 bits per heavy atom. The maximum atomic E-state index is 11.6. The fraction of sp³-hybridized carbons (Fsp3) is 0.500. The SMILES string of the molecule is NS(=O)(=O)c1ccccc1NC1C2CCC(C2)C1C(=O)O. The van der Waals surface area contributed by atoms with Crippen LogP contribution < -0.4 is 10.5 Å². The van der Waals surface area contributed by atoms with Crippen LogP contribution in [0.4, 0.5) is 5.69 Å². The Hall–Kier alpha value is -1.60. The second-order valence-electron chi connectivity index (χ2n) is 5.91. The number of primary sulfonamides is 1. The summed E-state index contributed by atoms with van der Waals surface area (Å²) < 4.78 is 23.2. The van der Waals surface area contributed by atoms with Gasteiger partial charge >= 0.3 is 5.97 Å². The van der Waals surface area contributed by atoms with E-state index < -0.39 is 21.9 Å². The number of nitrogens with two attached hydrogens (primary N) is 1. The van der Waals surface area contributed by atoms with Gasteiger partial charge in [-0.3, -0.25) is 4.79 Å². The molecule has 2 aliphatic carbocycles. The molecule has 2 fully saturated rings. The number of sulfonamides is 1. The van der Waals surface area contributed by atoms with E-state index in [0.29, 0.717) is 5.69 Å². The number of rotatable bonds is 4. The summed E-state index contributed by atoms with van der Waals surface area (Å²) in [5.41, 5.74) is 0.392. The summed E-state index contributed by atoms with van der Waals surface area (Å²) in [6.45, 7) is 0. The number of carbonyl (C=O) groups is 1. The standard InChI is InChI=1S/C14H18N2O4S/c15-21(19,20)11-4-2-1-3-10(11)16-13-9-6-5-8(7-9)12(13)14(17)18/h1-4,8-9,12-13,16H,5-7H2,(H,17,18)(H2,15,19,20). The van der Waals surface area contributed by atoms with Crippen molar-refractivity contribution in [3.8, 4) is 0 Å². The van der Waals surface area contributed by atoms with Gasteiger partial charge in [0.1, 0.15) is 4.90 Å². The van der Waals surface area contributed by atoms with Gasteiger partial charge in [0.05, 0.1) is 11.6 Å². The molecule has 4 unspecified atom stereocenters. The molecule has 4 N–H and O–H groups in total. The van der Waals surface area contributed by atoms with Crippen molar-refractivity contribution in [2.24, 2.45) is 22.9 Å². The van der Waals surface area contributed by atoms with Crippen molar-refractivity contribution in [2.45, 2.75) is 30.2 Å². The first-order valence-corrected chi connectivity index (χ1v) is 8.53. The molecule has 3 rings (SSSR count). The molecule has 2 saturated carbocycles. The summed E-state index contributed by atoms with van der Waals surface area (Å²) in [7, 11) is -3.84. The molecule has 4 atom stereocenters. The van der Waals surface area contributed by atoms with Crippen LogP contribution in [0.2, 0.25) is 0 Å². The van der Waals surface area contributed by atoms with Gasteiger partial charge in [-0.1, -0.05) is 12.1 Å². The predicted molar refractivity (Wildman–Crippen MR) is 77.2 cm³/mol. The molecule has 0 saturated heterocycles. The zero-order chi connectivity index (χ0) is 15.2. The lowest BCUT2D eigenvalue weighted by molar-refractivity contribution is -0.143. The molecule has 2 bridgehead atoms. The highest BCUT2D eigenvalue weighted by molar-refractivity contribution is 7.89. The van der Waals surface area contributed by atoms with Crippen LogP contribution >= 0.6 is 0 Å². The van der Waals surface area contributed by atoms with Crippen molar-refractivity contribution >= 4 is 21.7 Å². The van der Waals surface area contributed by atoms with E-state index in [1.165, 1.54) is 6.07 Å². The highest BCUT2D eigenvalue weighted by Gasteiger charge is 2.51. The molecule has 0 aliphatic heterocycles. The van der Waals surface area contributed by atoms with E-state index in [0.717, 1.165) is 19.3 Å². The summed E-state index contributed by atoms with van der Waals surface area (Å²) in [5.74, 6) is -0.804. The quantitative estimate of drug-likeness (QED) is 0.775. The molecule has 21 heavy (non-hydrogen) atoms. The van der Waals surface area contributed by atoms with Crippen molar-refractivity contribution in [3.05, 3.63) is 24.3 Å². The van der Waals surface area contributed by atoms with Gasteiger partial charge in [-0.05, 0) is 43.2 Å². The van der Waals surface area contributed by atoms with Crippen LogP contribution in [0, 0.1) is 17.8 Å². The molecule has 1 aromatic carbocycles. The van der Waals surface area contributed by atoms with Crippen LogP contribution in [0.5, 0.6) is 0 Å². The number of carboxylic acids is 1. The molecule has 7 heteroatoms. The van der Waals surface area contributed by atoms with Gasteiger partial charge < -0.3 is 10.4 Å². The average molecular weight is 310 g/mol. The minimum Gasteiger partial charge on any atom is -0.481 e. The maximum Gasteiger partial charge on any atom is 0.308 e. The van der Waals surface area contributed by atoms with Crippen molar-refractivity contribution < 1.29 is 18.3 Å². The zero-order valence-electron chi connectivity index (χ0n) is 11.4. The first-order chi connectivity index (χ1) is 9.88. The number of anilines is 1. The Bertz CT molecular complexity index is 673. The lowest BCUT2D eigenvalue weighted by Crippen LogP contribution is -2.39. The third-order valence-corrected chi connectivity index (χ3v) is 5.69. The Morgan fingerprint density at radius 1 is 1.24 bits per heavy atom. The summed E-state index contributed by atoms with van der Waals surface area (Å²) in [6.07, 6.45) is 2.83. The van der Waals surface area contributed by atoms with E-state index in [1.807, 2.05) is 0 Å². The molecule has 1 aromatic rings. The van der Waals surface area contributed by atoms with Gasteiger partial charge in [-0.2, -0.15) is 0 Å². The number of hydrogen-bond donors (Lipinski definition) is 3. The van der Waals surface area contributed by atoms with Gasteiger partial charge in [0, 0.05) is 6.04 Å². The monoisotopic (exact) mass is 310 g/mol. The summed E-state index contributed by atoms with van der Waals surface area (Å²) in [5, 5.41) is 17.8. The minimum atomic E-state index is -3.84. The third kappa shape index (κ3) is 2.51. The van der Waals surface area contributed by atoms with Crippen LogP contribution in [0.3, 0.4) is 0 Å². The number of hydrogen-bond acceptors (Lipinski definition) is 4. The van der Waals surface area contributed by atoms with Gasteiger partial charge in [-0.15, -0.1) is 0 Å². The fourth-order valence-electron chi connectivity index (χ4n) is 3.87. The third-order valence-electron chi connectivity index (χ3n) is 4.72. The molecule has 0 heterocycles. The van der Waals surface area contributed by atoms with Gasteiger partial charge in [0.2, 0.25) is 10.0 Å². The van der Waals surface area contributed by atoms with E-state index in [1.54, 1.807) is 18.2 Å². The largest absolute Gasteiger partial charge is 0.481 e. The van der Waals surface area contributed by atoms with Crippen LogP contribution in [0.1, 0.15) is 19.3 Å². The first-order valence-electron chi connectivity index (χ1n) is 6.99. The lowest BCUT2D eigenvalue weighted by Gasteiger charge is -2.30. The van der Waals surface area contributed by atoms with Crippen molar-refractivity contribution in [2.75, 3.05) is 5.32 Å². The molecular weight excluding hydrogens is 292 g/mol. The van der Waals surface area contributed by atoms with E-state index in [9.17, 15) is 18.3 Å². The summed E-state index contributed by atoms with van der Waals surface area (Å²) in [6, 6.07) is 6.13. The number of para-hydroxylation sites is 1. The Balaban J connectivity index is 1.92. The van der Waals surface area contributed by atoms with Gasteiger partial charge in [0.15, 0.2) is 0 Å². The number of carboxylic acid groups (broad SMARTS) is 1. The Labute approximate surface area is 123 Å². The fourth-order valence-corrected chi connectivity index (χ4v) is 4.57. The van der Waals surface area contributed by atoms with E-state index in [4.69, 9.17) is 5.14 Å². The van der Waals surface area contributed by atoms with Gasteiger partial charge in [-0.25, -0.2) is 13.6 Å². The van der Waals surface area contributed by atoms with Crippen molar-refractivity contribution in [3.63, 3.8) is 0 Å². The Morgan fingerprint density at radius 2 is 1.90 bits per heavy atom.